The Morgan fingerprint density at radius 2 is 2.00 bits per heavy atom. The van der Waals surface area contributed by atoms with E-state index in [0.717, 1.165) is 17.8 Å². The number of hydrogen-bond donors (Lipinski definition) is 0. The molecule has 6 nitrogen and oxygen atoms in total. The van der Waals surface area contributed by atoms with Gasteiger partial charge in [-0.15, -0.1) is 0 Å². The van der Waals surface area contributed by atoms with Gasteiger partial charge in [0.15, 0.2) is 13.2 Å². The third-order valence-electron chi connectivity index (χ3n) is 2.88. The molecule has 0 aliphatic rings. The van der Waals surface area contributed by atoms with Crippen molar-refractivity contribution in [3.63, 3.8) is 0 Å². The molecule has 0 aliphatic heterocycles. The van der Waals surface area contributed by atoms with E-state index in [-0.39, 0.29) is 17.4 Å². The Hall–Kier alpha value is -2.58. The van der Waals surface area contributed by atoms with E-state index in [1.807, 2.05) is 0 Å². The molecule has 0 unspecified atom stereocenters. The molecule has 0 aliphatic carbocycles. The lowest BCUT2D eigenvalue weighted by molar-refractivity contribution is -0.154. The van der Waals surface area contributed by atoms with Crippen molar-refractivity contribution in [2.24, 2.45) is 0 Å². The van der Waals surface area contributed by atoms with Gasteiger partial charge in [-0.3, -0.25) is 4.79 Å². The Morgan fingerprint density at radius 3 is 2.48 bits per heavy atom. The molecule has 1 amide bonds. The molecule has 0 saturated carbocycles. The standard InChI is InChI=1S/C16H19F3N2O4/c1-4-21(8-11(2)3)14(22)9-24-15(23)12-5-6-13(20-7-12)25-10-16(17,18)19/h5-7H,2,4,8-10H2,1,3H3. The zero-order valence-electron chi connectivity index (χ0n) is 13.9. The van der Waals surface area contributed by atoms with Crippen molar-refractivity contribution in [3.8, 4) is 5.88 Å². The molecular weight excluding hydrogens is 341 g/mol. The predicted molar refractivity (Wildman–Crippen MR) is 83.1 cm³/mol. The maximum atomic E-state index is 12.0. The van der Waals surface area contributed by atoms with Crippen LogP contribution in [0.25, 0.3) is 0 Å². The average Bonchev–Trinajstić information content (AvgIpc) is 2.55. The topological polar surface area (TPSA) is 68.7 Å². The molecule has 0 spiro atoms. The molecule has 1 aromatic heterocycles. The van der Waals surface area contributed by atoms with Gasteiger partial charge >= 0.3 is 12.1 Å². The number of hydrogen-bond acceptors (Lipinski definition) is 5. The van der Waals surface area contributed by atoms with E-state index in [1.54, 1.807) is 13.8 Å². The maximum Gasteiger partial charge on any atom is 0.422 e. The van der Waals surface area contributed by atoms with Crippen molar-refractivity contribution in [1.82, 2.24) is 9.88 Å². The van der Waals surface area contributed by atoms with Gasteiger partial charge in [0, 0.05) is 25.4 Å². The zero-order valence-corrected chi connectivity index (χ0v) is 13.9. The number of carbonyl (C=O) groups excluding carboxylic acids is 2. The van der Waals surface area contributed by atoms with Crippen molar-refractivity contribution in [2.75, 3.05) is 26.3 Å². The van der Waals surface area contributed by atoms with Gasteiger partial charge in [-0.1, -0.05) is 12.2 Å². The van der Waals surface area contributed by atoms with Crippen LogP contribution in [0.4, 0.5) is 13.2 Å². The molecule has 1 aromatic rings. The lowest BCUT2D eigenvalue weighted by Crippen LogP contribution is -2.35. The summed E-state index contributed by atoms with van der Waals surface area (Å²) in [6.45, 7) is 6.14. The molecule has 1 heterocycles. The fraction of sp³-hybridized carbons (Fsp3) is 0.438. The van der Waals surface area contributed by atoms with Crippen LogP contribution in [0.3, 0.4) is 0 Å². The number of esters is 1. The van der Waals surface area contributed by atoms with E-state index >= 15 is 0 Å². The van der Waals surface area contributed by atoms with Gasteiger partial charge in [-0.25, -0.2) is 9.78 Å². The van der Waals surface area contributed by atoms with Crippen LogP contribution in [-0.2, 0) is 9.53 Å². The number of rotatable bonds is 8. The van der Waals surface area contributed by atoms with Gasteiger partial charge < -0.3 is 14.4 Å². The number of carbonyl (C=O) groups is 2. The highest BCUT2D eigenvalue weighted by atomic mass is 19.4. The number of nitrogens with zero attached hydrogens (tertiary/aromatic N) is 2. The number of ether oxygens (including phenoxy) is 2. The minimum Gasteiger partial charge on any atom is -0.468 e. The number of amides is 1. The van der Waals surface area contributed by atoms with E-state index in [2.05, 4.69) is 16.3 Å². The van der Waals surface area contributed by atoms with Crippen LogP contribution in [-0.4, -0.2) is 54.2 Å². The highest BCUT2D eigenvalue weighted by Gasteiger charge is 2.28. The number of likely N-dealkylation sites (N-methyl/N-ethyl adjacent to an activating group) is 1. The first kappa shape index (κ1) is 20.5. The van der Waals surface area contributed by atoms with Crippen molar-refractivity contribution < 1.29 is 32.2 Å². The second-order valence-electron chi connectivity index (χ2n) is 5.23. The first-order valence-corrected chi connectivity index (χ1v) is 7.37. The highest BCUT2D eigenvalue weighted by molar-refractivity contribution is 5.91. The number of halogens is 3. The van der Waals surface area contributed by atoms with Crippen molar-refractivity contribution >= 4 is 11.9 Å². The van der Waals surface area contributed by atoms with E-state index in [4.69, 9.17) is 4.74 Å². The first-order chi connectivity index (χ1) is 11.6. The van der Waals surface area contributed by atoms with Crippen LogP contribution in [0.5, 0.6) is 5.88 Å². The summed E-state index contributed by atoms with van der Waals surface area (Å²) in [4.78, 5) is 28.8. The van der Waals surface area contributed by atoms with Gasteiger partial charge in [0.25, 0.3) is 5.91 Å². The maximum absolute atomic E-state index is 12.0. The summed E-state index contributed by atoms with van der Waals surface area (Å²) in [7, 11) is 0. The summed E-state index contributed by atoms with van der Waals surface area (Å²) in [5.41, 5.74) is 0.787. The first-order valence-electron chi connectivity index (χ1n) is 7.37. The number of aromatic nitrogens is 1. The molecule has 0 aromatic carbocycles. The molecule has 1 rings (SSSR count). The Labute approximate surface area is 143 Å². The normalized spacial score (nSPS) is 10.9. The van der Waals surface area contributed by atoms with E-state index in [0.29, 0.717) is 13.1 Å². The molecule has 0 saturated heterocycles. The fourth-order valence-electron chi connectivity index (χ4n) is 1.75. The molecule has 0 fully saturated rings. The minimum absolute atomic E-state index is 0.00453. The van der Waals surface area contributed by atoms with Crippen LogP contribution in [0, 0.1) is 0 Å². The van der Waals surface area contributed by atoms with Gasteiger partial charge in [-0.05, 0) is 19.9 Å². The molecule has 138 valence electrons. The van der Waals surface area contributed by atoms with E-state index in [1.165, 1.54) is 11.0 Å². The summed E-state index contributed by atoms with van der Waals surface area (Å²) >= 11 is 0. The molecule has 0 bridgehead atoms. The van der Waals surface area contributed by atoms with Crippen LogP contribution < -0.4 is 4.74 Å². The lowest BCUT2D eigenvalue weighted by atomic mass is 10.3. The summed E-state index contributed by atoms with van der Waals surface area (Å²) in [5.74, 6) is -1.46. The second kappa shape index (κ2) is 9.05. The van der Waals surface area contributed by atoms with Gasteiger partial charge in [-0.2, -0.15) is 13.2 Å². The summed E-state index contributed by atoms with van der Waals surface area (Å²) in [6.07, 6.45) is -3.46. The second-order valence-corrected chi connectivity index (χ2v) is 5.23. The van der Waals surface area contributed by atoms with Gasteiger partial charge in [0.05, 0.1) is 5.56 Å². The monoisotopic (exact) mass is 360 g/mol. The average molecular weight is 360 g/mol. The highest BCUT2D eigenvalue weighted by Crippen LogP contribution is 2.17. The number of alkyl halides is 3. The SMILES string of the molecule is C=C(C)CN(CC)C(=O)COC(=O)c1ccc(OCC(F)(F)F)nc1. The van der Waals surface area contributed by atoms with Gasteiger partial charge in [0.1, 0.15) is 0 Å². The Balaban J connectivity index is 2.54. The molecular formula is C16H19F3N2O4. The van der Waals surface area contributed by atoms with Gasteiger partial charge in [0.2, 0.25) is 5.88 Å². The Bertz CT molecular complexity index is 615. The zero-order chi connectivity index (χ0) is 19.0. The van der Waals surface area contributed by atoms with Crippen molar-refractivity contribution in [1.29, 1.82) is 0 Å². The largest absolute Gasteiger partial charge is 0.468 e. The molecule has 0 radical (unpaired) electrons. The molecule has 0 atom stereocenters. The smallest absolute Gasteiger partial charge is 0.422 e. The summed E-state index contributed by atoms with van der Waals surface area (Å²) in [6, 6.07) is 2.32. The third kappa shape index (κ3) is 7.69. The third-order valence-corrected chi connectivity index (χ3v) is 2.88. The predicted octanol–water partition coefficient (Wildman–Crippen LogP) is 2.60. The number of pyridine rings is 1. The van der Waals surface area contributed by atoms with Crippen LogP contribution in [0.2, 0.25) is 0 Å². The minimum atomic E-state index is -4.48. The summed E-state index contributed by atoms with van der Waals surface area (Å²) < 4.78 is 45.4. The van der Waals surface area contributed by atoms with Crippen molar-refractivity contribution in [3.05, 3.63) is 36.0 Å². The molecule has 9 heteroatoms. The lowest BCUT2D eigenvalue weighted by Gasteiger charge is -2.20. The van der Waals surface area contributed by atoms with E-state index < -0.39 is 25.4 Å². The summed E-state index contributed by atoms with van der Waals surface area (Å²) in [5, 5.41) is 0. The molecule has 0 N–H and O–H groups in total. The Morgan fingerprint density at radius 1 is 1.32 bits per heavy atom. The van der Waals surface area contributed by atoms with E-state index in [9.17, 15) is 22.8 Å². The quantitative estimate of drug-likeness (QED) is 0.527. The van der Waals surface area contributed by atoms with Crippen LogP contribution >= 0.6 is 0 Å². The fourth-order valence-corrected chi connectivity index (χ4v) is 1.75. The van der Waals surface area contributed by atoms with Crippen LogP contribution in [0.1, 0.15) is 24.2 Å². The van der Waals surface area contributed by atoms with Crippen LogP contribution in [0.15, 0.2) is 30.5 Å². The van der Waals surface area contributed by atoms with Crippen molar-refractivity contribution in [2.45, 2.75) is 20.0 Å². The Kier molecular flexibility index (Phi) is 7.41. The molecule has 25 heavy (non-hydrogen) atoms.